The molecule has 0 atom stereocenters. The molecule has 1 aromatic heterocycles. The van der Waals surface area contributed by atoms with E-state index in [1.165, 1.54) is 32.1 Å². The molecular weight excluding hydrogens is 174 g/mol. The van der Waals surface area contributed by atoms with Gasteiger partial charge in [0.05, 0.1) is 18.1 Å². The lowest BCUT2D eigenvalue weighted by molar-refractivity contribution is 0.645. The molecule has 1 heterocycles. The number of rotatable bonds is 7. The summed E-state index contributed by atoms with van der Waals surface area (Å²) in [6.45, 7) is 3.26. The first-order valence-corrected chi connectivity index (χ1v) is 5.42. The molecule has 0 aliphatic carbocycles. The second-order valence-corrected chi connectivity index (χ2v) is 3.47. The SMILES string of the molecule is CCCCCCCNc1cncnc1. The number of aromatic nitrogens is 2. The summed E-state index contributed by atoms with van der Waals surface area (Å²) in [6.07, 6.45) is 11.7. The average Bonchev–Trinajstić information content (AvgIpc) is 2.25. The van der Waals surface area contributed by atoms with E-state index in [0.29, 0.717) is 0 Å². The molecule has 0 aromatic carbocycles. The highest BCUT2D eigenvalue weighted by atomic mass is 14.9. The van der Waals surface area contributed by atoms with Gasteiger partial charge in [-0.05, 0) is 6.42 Å². The highest BCUT2D eigenvalue weighted by Crippen LogP contribution is 2.04. The Morgan fingerprint density at radius 3 is 2.50 bits per heavy atom. The molecule has 1 N–H and O–H groups in total. The molecule has 0 saturated heterocycles. The Kier molecular flexibility index (Phi) is 5.71. The van der Waals surface area contributed by atoms with Crippen molar-refractivity contribution in [2.24, 2.45) is 0 Å². The van der Waals surface area contributed by atoms with Gasteiger partial charge in [0.2, 0.25) is 0 Å². The van der Waals surface area contributed by atoms with E-state index in [1.807, 2.05) is 0 Å². The Morgan fingerprint density at radius 1 is 1.07 bits per heavy atom. The molecular formula is C11H19N3. The normalized spacial score (nSPS) is 10.1. The van der Waals surface area contributed by atoms with Crippen molar-refractivity contribution in [2.45, 2.75) is 39.0 Å². The maximum Gasteiger partial charge on any atom is 0.115 e. The van der Waals surface area contributed by atoms with Gasteiger partial charge in [0.1, 0.15) is 6.33 Å². The predicted molar refractivity (Wildman–Crippen MR) is 59.3 cm³/mol. The van der Waals surface area contributed by atoms with Crippen LogP contribution in [-0.4, -0.2) is 16.5 Å². The fourth-order valence-corrected chi connectivity index (χ4v) is 1.35. The fraction of sp³-hybridized carbons (Fsp3) is 0.636. The Morgan fingerprint density at radius 2 is 1.79 bits per heavy atom. The van der Waals surface area contributed by atoms with E-state index in [2.05, 4.69) is 22.2 Å². The zero-order valence-corrected chi connectivity index (χ0v) is 8.87. The number of nitrogens with one attached hydrogen (secondary N) is 1. The van der Waals surface area contributed by atoms with Crippen LogP contribution in [0, 0.1) is 0 Å². The van der Waals surface area contributed by atoms with Gasteiger partial charge in [0.15, 0.2) is 0 Å². The minimum absolute atomic E-state index is 1.02. The summed E-state index contributed by atoms with van der Waals surface area (Å²) in [5.74, 6) is 0. The molecule has 78 valence electrons. The first-order chi connectivity index (χ1) is 6.93. The highest BCUT2D eigenvalue weighted by molar-refractivity contribution is 5.36. The Labute approximate surface area is 86.0 Å². The monoisotopic (exact) mass is 193 g/mol. The van der Waals surface area contributed by atoms with Crippen LogP contribution in [0.3, 0.4) is 0 Å². The molecule has 0 radical (unpaired) electrons. The maximum absolute atomic E-state index is 3.94. The first-order valence-electron chi connectivity index (χ1n) is 5.42. The van der Waals surface area contributed by atoms with E-state index >= 15 is 0 Å². The predicted octanol–water partition coefficient (Wildman–Crippen LogP) is 2.86. The van der Waals surface area contributed by atoms with Crippen LogP contribution in [0.15, 0.2) is 18.7 Å². The van der Waals surface area contributed by atoms with E-state index < -0.39 is 0 Å². The summed E-state index contributed by atoms with van der Waals surface area (Å²) in [7, 11) is 0. The van der Waals surface area contributed by atoms with Crippen LogP contribution < -0.4 is 5.32 Å². The lowest BCUT2D eigenvalue weighted by Gasteiger charge is -2.04. The van der Waals surface area contributed by atoms with Gasteiger partial charge in [-0.1, -0.05) is 32.6 Å². The largest absolute Gasteiger partial charge is 0.383 e. The lowest BCUT2D eigenvalue weighted by atomic mass is 10.1. The van der Waals surface area contributed by atoms with Gasteiger partial charge in [-0.2, -0.15) is 0 Å². The van der Waals surface area contributed by atoms with E-state index in [1.54, 1.807) is 18.7 Å². The van der Waals surface area contributed by atoms with Gasteiger partial charge in [-0.3, -0.25) is 0 Å². The molecule has 1 aromatic rings. The van der Waals surface area contributed by atoms with Crippen molar-refractivity contribution >= 4 is 5.69 Å². The Balaban J connectivity index is 1.99. The molecule has 0 aliphatic heterocycles. The number of unbranched alkanes of at least 4 members (excludes halogenated alkanes) is 4. The minimum atomic E-state index is 1.02. The molecule has 0 bridgehead atoms. The van der Waals surface area contributed by atoms with Crippen molar-refractivity contribution < 1.29 is 0 Å². The number of hydrogen-bond donors (Lipinski definition) is 1. The minimum Gasteiger partial charge on any atom is -0.383 e. The van der Waals surface area contributed by atoms with Gasteiger partial charge >= 0.3 is 0 Å². The molecule has 0 unspecified atom stereocenters. The van der Waals surface area contributed by atoms with E-state index in [9.17, 15) is 0 Å². The third-order valence-electron chi connectivity index (χ3n) is 2.17. The summed E-state index contributed by atoms with van der Waals surface area (Å²) >= 11 is 0. The van der Waals surface area contributed by atoms with Crippen LogP contribution in [0.25, 0.3) is 0 Å². The van der Waals surface area contributed by atoms with Crippen molar-refractivity contribution in [3.05, 3.63) is 18.7 Å². The van der Waals surface area contributed by atoms with Crippen molar-refractivity contribution in [1.82, 2.24) is 9.97 Å². The quantitative estimate of drug-likeness (QED) is 0.677. The van der Waals surface area contributed by atoms with Crippen molar-refractivity contribution in [3.8, 4) is 0 Å². The van der Waals surface area contributed by atoms with E-state index in [0.717, 1.165) is 12.2 Å². The molecule has 0 spiro atoms. The summed E-state index contributed by atoms with van der Waals surface area (Å²) in [6, 6.07) is 0. The molecule has 3 heteroatoms. The van der Waals surface area contributed by atoms with Gasteiger partial charge in [0, 0.05) is 6.54 Å². The van der Waals surface area contributed by atoms with E-state index in [-0.39, 0.29) is 0 Å². The van der Waals surface area contributed by atoms with Crippen LogP contribution in [0.5, 0.6) is 0 Å². The van der Waals surface area contributed by atoms with Gasteiger partial charge < -0.3 is 5.32 Å². The topological polar surface area (TPSA) is 37.8 Å². The highest BCUT2D eigenvalue weighted by Gasteiger charge is 1.91. The van der Waals surface area contributed by atoms with Crippen molar-refractivity contribution in [3.63, 3.8) is 0 Å². The standard InChI is InChI=1S/C11H19N3/c1-2-3-4-5-6-7-14-11-8-12-10-13-9-11/h8-10,14H,2-7H2,1H3. The third-order valence-corrected chi connectivity index (χ3v) is 2.17. The third kappa shape index (κ3) is 4.80. The number of hydrogen-bond acceptors (Lipinski definition) is 3. The molecule has 0 aliphatic rings. The van der Waals surface area contributed by atoms with E-state index in [4.69, 9.17) is 0 Å². The molecule has 1 rings (SSSR count). The van der Waals surface area contributed by atoms with Crippen molar-refractivity contribution in [2.75, 3.05) is 11.9 Å². The first kappa shape index (κ1) is 11.0. The van der Waals surface area contributed by atoms with Gasteiger partial charge in [-0.15, -0.1) is 0 Å². The molecule has 0 fully saturated rings. The Hall–Kier alpha value is -1.12. The zero-order chi connectivity index (χ0) is 10.1. The van der Waals surface area contributed by atoms with Crippen LogP contribution in [0.2, 0.25) is 0 Å². The molecule has 0 saturated carbocycles. The van der Waals surface area contributed by atoms with Crippen LogP contribution in [0.4, 0.5) is 5.69 Å². The Bertz CT molecular complexity index is 223. The van der Waals surface area contributed by atoms with Crippen LogP contribution in [0.1, 0.15) is 39.0 Å². The summed E-state index contributed by atoms with van der Waals surface area (Å²) < 4.78 is 0. The average molecular weight is 193 g/mol. The van der Waals surface area contributed by atoms with Gasteiger partial charge in [0.25, 0.3) is 0 Å². The van der Waals surface area contributed by atoms with Crippen LogP contribution >= 0.6 is 0 Å². The number of nitrogens with zero attached hydrogens (tertiary/aromatic N) is 2. The molecule has 0 amide bonds. The fourth-order valence-electron chi connectivity index (χ4n) is 1.35. The van der Waals surface area contributed by atoms with Gasteiger partial charge in [-0.25, -0.2) is 9.97 Å². The lowest BCUT2D eigenvalue weighted by Crippen LogP contribution is -2.01. The summed E-state index contributed by atoms with van der Waals surface area (Å²) in [5, 5.41) is 3.30. The smallest absolute Gasteiger partial charge is 0.115 e. The van der Waals surface area contributed by atoms with Crippen LogP contribution in [-0.2, 0) is 0 Å². The summed E-state index contributed by atoms with van der Waals surface area (Å²) in [5.41, 5.74) is 1.02. The second kappa shape index (κ2) is 7.30. The second-order valence-electron chi connectivity index (χ2n) is 3.47. The summed E-state index contributed by atoms with van der Waals surface area (Å²) in [4.78, 5) is 7.88. The maximum atomic E-state index is 3.94. The van der Waals surface area contributed by atoms with Crippen molar-refractivity contribution in [1.29, 1.82) is 0 Å². The zero-order valence-electron chi connectivity index (χ0n) is 8.87. The molecule has 14 heavy (non-hydrogen) atoms. The molecule has 3 nitrogen and oxygen atoms in total. The number of anilines is 1.